The van der Waals surface area contributed by atoms with E-state index in [1.165, 1.54) is 12.0 Å². The Kier molecular flexibility index (Phi) is 8.89. The minimum absolute atomic E-state index is 0.0759. The first-order chi connectivity index (χ1) is 16.3. The Morgan fingerprint density at radius 1 is 1.03 bits per heavy atom. The molecule has 34 heavy (non-hydrogen) atoms. The predicted molar refractivity (Wildman–Crippen MR) is 125 cm³/mol. The lowest BCUT2D eigenvalue weighted by molar-refractivity contribution is -0.154. The molecule has 2 amide bonds. The number of hydrogen-bond donors (Lipinski definition) is 0. The maximum absolute atomic E-state index is 13.3. The molecule has 2 aliphatic heterocycles. The molecule has 0 N–H and O–H groups in total. The van der Waals surface area contributed by atoms with Gasteiger partial charge in [-0.15, -0.1) is 0 Å². The lowest BCUT2D eigenvalue weighted by atomic mass is 9.97. The Bertz CT molecular complexity index is 916. The molecule has 0 spiro atoms. The van der Waals surface area contributed by atoms with Gasteiger partial charge in [-0.25, -0.2) is 0 Å². The highest BCUT2D eigenvalue weighted by Gasteiger charge is 2.36. The van der Waals surface area contributed by atoms with Crippen molar-refractivity contribution in [2.75, 3.05) is 48.0 Å². The molecule has 186 valence electrons. The molecule has 2 bridgehead atoms. The van der Waals surface area contributed by atoms with Crippen molar-refractivity contribution in [2.45, 2.75) is 50.6 Å². The quantitative estimate of drug-likeness (QED) is 0.648. The highest BCUT2D eigenvalue weighted by atomic mass is 16.5. The van der Waals surface area contributed by atoms with Crippen LogP contribution in [-0.2, 0) is 19.0 Å². The van der Waals surface area contributed by atoms with Crippen LogP contribution in [0.3, 0.4) is 0 Å². The van der Waals surface area contributed by atoms with Crippen LogP contribution in [0.25, 0.3) is 0 Å². The van der Waals surface area contributed by atoms with Crippen LogP contribution in [-0.4, -0.2) is 94.0 Å². The van der Waals surface area contributed by atoms with Crippen LogP contribution in [0.4, 0.5) is 0 Å². The second kappa shape index (κ2) is 11.6. The monoisotopic (exact) mass is 473 g/mol. The second-order valence-corrected chi connectivity index (χ2v) is 9.05. The number of methoxy groups -OCH3 is 2. The van der Waals surface area contributed by atoms with Gasteiger partial charge in [0.1, 0.15) is 17.9 Å². The Hall–Kier alpha value is -2.67. The summed E-state index contributed by atoms with van der Waals surface area (Å²) in [5, 5.41) is 9.60. The fourth-order valence-electron chi connectivity index (χ4n) is 4.68. The predicted octanol–water partition coefficient (Wildman–Crippen LogP) is 2.08. The van der Waals surface area contributed by atoms with Crippen molar-refractivity contribution in [3.63, 3.8) is 0 Å². The molecule has 9 heteroatoms. The molecule has 2 aliphatic rings. The number of amides is 2. The summed E-state index contributed by atoms with van der Waals surface area (Å²) in [4.78, 5) is 29.7. The highest BCUT2D eigenvalue weighted by Crippen LogP contribution is 2.28. The van der Waals surface area contributed by atoms with Crippen molar-refractivity contribution in [3.8, 4) is 11.8 Å². The van der Waals surface area contributed by atoms with E-state index in [0.29, 0.717) is 30.7 Å². The lowest BCUT2D eigenvalue weighted by Crippen LogP contribution is -2.50. The molecule has 3 rings (SSSR count). The van der Waals surface area contributed by atoms with Gasteiger partial charge >= 0.3 is 0 Å². The van der Waals surface area contributed by atoms with E-state index in [1.54, 1.807) is 51.2 Å². The number of benzene rings is 1. The van der Waals surface area contributed by atoms with Gasteiger partial charge in [0.25, 0.3) is 5.91 Å². The summed E-state index contributed by atoms with van der Waals surface area (Å²) in [5.41, 5.74) is 0.609. The molecule has 1 fully saturated rings. The molecule has 1 aromatic carbocycles. The topological polar surface area (TPSA) is 101 Å². The van der Waals surface area contributed by atoms with Gasteiger partial charge in [0, 0.05) is 47.8 Å². The van der Waals surface area contributed by atoms with Crippen LogP contribution >= 0.6 is 0 Å². The van der Waals surface area contributed by atoms with Crippen LogP contribution < -0.4 is 4.74 Å². The maximum atomic E-state index is 13.3. The first kappa shape index (κ1) is 25.9. The van der Waals surface area contributed by atoms with E-state index < -0.39 is 12.0 Å². The molecule has 0 unspecified atom stereocenters. The number of nitrogens with zero attached hydrogens (tertiary/aromatic N) is 3. The van der Waals surface area contributed by atoms with Gasteiger partial charge in [0.05, 0.1) is 42.0 Å². The summed E-state index contributed by atoms with van der Waals surface area (Å²) in [6.07, 6.45) is 1.25. The van der Waals surface area contributed by atoms with Crippen molar-refractivity contribution < 1.29 is 28.5 Å². The molecule has 0 radical (unpaired) electrons. The van der Waals surface area contributed by atoms with Gasteiger partial charge in [-0.1, -0.05) is 13.0 Å². The summed E-state index contributed by atoms with van der Waals surface area (Å²) in [6.45, 7) is 2.70. The SMILES string of the molecule is CO[C@H]1CN(C)C(=O)c2cccc(C#N)c2OCC[C@@H]2CC[C@@H](OC)[C@H](CN(C)C(=O)[C@H]1C)O2. The van der Waals surface area contributed by atoms with Crippen molar-refractivity contribution in [1.82, 2.24) is 9.80 Å². The number of rotatable bonds is 2. The van der Waals surface area contributed by atoms with Gasteiger partial charge in [-0.05, 0) is 25.0 Å². The maximum Gasteiger partial charge on any atom is 0.257 e. The third kappa shape index (κ3) is 5.69. The average molecular weight is 474 g/mol. The van der Waals surface area contributed by atoms with Crippen LogP contribution in [0.15, 0.2) is 18.2 Å². The first-order valence-electron chi connectivity index (χ1n) is 11.7. The molecule has 2 heterocycles. The van der Waals surface area contributed by atoms with E-state index in [9.17, 15) is 14.9 Å². The van der Waals surface area contributed by atoms with Crippen LogP contribution in [0.1, 0.15) is 42.1 Å². The average Bonchev–Trinajstić information content (AvgIpc) is 2.85. The Balaban J connectivity index is 1.95. The Morgan fingerprint density at radius 2 is 1.76 bits per heavy atom. The smallest absolute Gasteiger partial charge is 0.257 e. The van der Waals surface area contributed by atoms with Crippen molar-refractivity contribution in [1.29, 1.82) is 5.26 Å². The van der Waals surface area contributed by atoms with E-state index in [-0.39, 0.29) is 42.4 Å². The van der Waals surface area contributed by atoms with Crippen LogP contribution in [0.2, 0.25) is 0 Å². The number of carbonyl (C=O) groups excluding carboxylic acids is 2. The molecule has 0 aromatic heterocycles. The largest absolute Gasteiger partial charge is 0.491 e. The third-order valence-electron chi connectivity index (χ3n) is 6.79. The van der Waals surface area contributed by atoms with Gasteiger partial charge in [-0.2, -0.15) is 5.26 Å². The zero-order chi connectivity index (χ0) is 24.8. The summed E-state index contributed by atoms with van der Waals surface area (Å²) in [7, 11) is 6.61. The number of hydrogen-bond acceptors (Lipinski definition) is 7. The third-order valence-corrected chi connectivity index (χ3v) is 6.79. The van der Waals surface area contributed by atoms with E-state index in [1.807, 2.05) is 0 Å². The van der Waals surface area contributed by atoms with Crippen LogP contribution in [0.5, 0.6) is 5.75 Å². The molecule has 1 aromatic rings. The normalized spacial score (nSPS) is 29.2. The number of carbonyl (C=O) groups is 2. The van der Waals surface area contributed by atoms with E-state index in [4.69, 9.17) is 18.9 Å². The van der Waals surface area contributed by atoms with E-state index >= 15 is 0 Å². The van der Waals surface area contributed by atoms with Crippen molar-refractivity contribution in [2.24, 2.45) is 5.92 Å². The van der Waals surface area contributed by atoms with E-state index in [2.05, 4.69) is 6.07 Å². The van der Waals surface area contributed by atoms with Crippen molar-refractivity contribution >= 4 is 11.8 Å². The highest BCUT2D eigenvalue weighted by molar-refractivity contribution is 5.97. The molecule has 5 atom stereocenters. The van der Waals surface area contributed by atoms with Gasteiger partial charge in [-0.3, -0.25) is 9.59 Å². The van der Waals surface area contributed by atoms with Gasteiger partial charge < -0.3 is 28.7 Å². The summed E-state index contributed by atoms with van der Waals surface area (Å²) >= 11 is 0. The molecular weight excluding hydrogens is 438 g/mol. The number of nitriles is 1. The number of para-hydroxylation sites is 1. The lowest BCUT2D eigenvalue weighted by Gasteiger charge is -2.38. The minimum atomic E-state index is -0.515. The molecule has 0 saturated carbocycles. The minimum Gasteiger partial charge on any atom is -0.491 e. The Morgan fingerprint density at radius 3 is 2.44 bits per heavy atom. The van der Waals surface area contributed by atoms with Crippen LogP contribution in [0, 0.1) is 17.2 Å². The second-order valence-electron chi connectivity index (χ2n) is 9.05. The number of fused-ring (bicyclic) bond motifs is 3. The number of likely N-dealkylation sites (N-methyl/N-ethyl adjacent to an activating group) is 2. The molecule has 9 nitrogen and oxygen atoms in total. The summed E-state index contributed by atoms with van der Waals surface area (Å²) in [5.74, 6) is -0.601. The molecule has 1 saturated heterocycles. The van der Waals surface area contributed by atoms with Gasteiger partial charge in [0.15, 0.2) is 0 Å². The summed E-state index contributed by atoms with van der Waals surface area (Å²) in [6, 6.07) is 7.07. The Labute approximate surface area is 201 Å². The molecule has 0 aliphatic carbocycles. The van der Waals surface area contributed by atoms with E-state index in [0.717, 1.165) is 12.8 Å². The fraction of sp³-hybridized carbons (Fsp3) is 0.640. The first-order valence-corrected chi connectivity index (χ1v) is 11.7. The zero-order valence-electron chi connectivity index (χ0n) is 20.7. The van der Waals surface area contributed by atoms with Crippen molar-refractivity contribution in [3.05, 3.63) is 29.3 Å². The summed E-state index contributed by atoms with van der Waals surface area (Å²) < 4.78 is 23.6. The standard InChI is InChI=1S/C25H35N3O6/c1-16-21(32-5)14-28(3)25(30)19-8-6-7-17(13-26)23(19)33-12-11-18-9-10-20(31-4)22(34-18)15-27(2)24(16)29/h6-8,16,18,20-22H,9-12,14-15H2,1-5H3/t16-,18-,20+,21-,22-/m0/s1. The zero-order valence-corrected chi connectivity index (χ0v) is 20.7. The number of ether oxygens (including phenoxy) is 4. The van der Waals surface area contributed by atoms with Gasteiger partial charge in [0.2, 0.25) is 5.91 Å². The molecular formula is C25H35N3O6. The fourth-order valence-corrected chi connectivity index (χ4v) is 4.68.